The molecule has 0 saturated carbocycles. The first-order valence-corrected chi connectivity index (χ1v) is 16.6. The smallest absolute Gasteiger partial charge is 0.292 e. The molecule has 0 bridgehead atoms. The van der Waals surface area contributed by atoms with E-state index < -0.39 is 23.5 Å². The summed E-state index contributed by atoms with van der Waals surface area (Å²) in [7, 11) is 0. The average molecular weight is 745 g/mol. The maximum atomic E-state index is 13.0. The molecule has 16 heteroatoms. The van der Waals surface area contributed by atoms with E-state index in [9.17, 15) is 26.3 Å². The fourth-order valence-electron chi connectivity index (χ4n) is 4.77. The summed E-state index contributed by atoms with van der Waals surface area (Å²) in [6.45, 7) is 0. The van der Waals surface area contributed by atoms with Crippen LogP contribution in [0.3, 0.4) is 0 Å². The molecule has 4 heterocycles. The lowest BCUT2D eigenvalue weighted by atomic mass is 10.1. The number of hydrogen-bond donors (Lipinski definition) is 4. The summed E-state index contributed by atoms with van der Waals surface area (Å²) in [5.74, 6) is 0. The molecule has 2 aromatic carbocycles. The Morgan fingerprint density at radius 2 is 0.769 bits per heavy atom. The van der Waals surface area contributed by atoms with Crippen LogP contribution in [0.15, 0.2) is 109 Å². The molecule has 0 saturated heterocycles. The molecule has 0 radical (unpaired) electrons. The summed E-state index contributed by atoms with van der Waals surface area (Å²) in [5, 5.41) is 34.5. The fraction of sp³-hybridized carbons (Fsp3) is 0.0556. The third-order valence-electron chi connectivity index (χ3n) is 7.41. The first-order valence-electron chi connectivity index (χ1n) is 14.9. The second-order valence-corrected chi connectivity index (χ2v) is 13.0. The Labute approximate surface area is 299 Å². The van der Waals surface area contributed by atoms with Gasteiger partial charge in [-0.25, -0.2) is 19.9 Å². The number of halogens is 6. The minimum Gasteiger partial charge on any atom is -0.292 e. The predicted molar refractivity (Wildman–Crippen MR) is 191 cm³/mol. The van der Waals surface area contributed by atoms with Crippen molar-refractivity contribution in [2.75, 3.05) is 0 Å². The second kappa shape index (κ2) is 14.5. The zero-order valence-electron chi connectivity index (χ0n) is 26.3. The van der Waals surface area contributed by atoms with E-state index in [-0.39, 0.29) is 48.6 Å². The number of alkyl halides is 6. The minimum atomic E-state index is -4.47. The van der Waals surface area contributed by atoms with Gasteiger partial charge in [0.2, 0.25) is 0 Å². The van der Waals surface area contributed by atoms with Crippen LogP contribution in [0.4, 0.5) is 26.3 Å². The lowest BCUT2D eigenvalue weighted by molar-refractivity contribution is -0.138. The van der Waals surface area contributed by atoms with Gasteiger partial charge in [0.25, 0.3) is 0 Å². The Bertz CT molecular complexity index is 2200. The van der Waals surface area contributed by atoms with E-state index in [2.05, 4.69) is 19.9 Å². The molecule has 0 aliphatic carbocycles. The summed E-state index contributed by atoms with van der Waals surface area (Å²) in [6.07, 6.45) is -8.94. The van der Waals surface area contributed by atoms with Gasteiger partial charge in [-0.15, -0.1) is 0 Å². The van der Waals surface area contributed by atoms with E-state index in [4.69, 9.17) is 21.6 Å². The van der Waals surface area contributed by atoms with Gasteiger partial charge in [0.05, 0.1) is 45.3 Å². The number of fused-ring (bicyclic) bond motifs is 1. The Morgan fingerprint density at radius 3 is 1.12 bits per heavy atom. The number of thioether (sulfide) groups is 2. The van der Waals surface area contributed by atoms with Crippen molar-refractivity contribution in [3.8, 4) is 22.5 Å². The Hall–Kier alpha value is -5.74. The van der Waals surface area contributed by atoms with Crippen LogP contribution in [0.25, 0.3) is 33.5 Å². The molecular weight excluding hydrogens is 723 g/mol. The molecule has 0 amide bonds. The number of hydrogen-bond acceptors (Lipinski definition) is 10. The van der Waals surface area contributed by atoms with Crippen molar-refractivity contribution in [2.24, 2.45) is 0 Å². The monoisotopic (exact) mass is 744 g/mol. The Kier molecular flexibility index (Phi) is 10.0. The third kappa shape index (κ3) is 8.24. The lowest BCUT2D eigenvalue weighted by Gasteiger charge is -2.10. The normalized spacial score (nSPS) is 11.7. The van der Waals surface area contributed by atoms with Crippen LogP contribution >= 0.6 is 23.5 Å². The number of nitrogens with zero attached hydrogens (tertiary/aromatic N) is 4. The Morgan fingerprint density at radius 1 is 0.423 bits per heavy atom. The van der Waals surface area contributed by atoms with Gasteiger partial charge in [0, 0.05) is 16.5 Å². The van der Waals surface area contributed by atoms with Gasteiger partial charge >= 0.3 is 12.4 Å². The van der Waals surface area contributed by atoms with Gasteiger partial charge in [-0.2, -0.15) is 26.3 Å². The second-order valence-electron chi connectivity index (χ2n) is 10.9. The van der Waals surface area contributed by atoms with Gasteiger partial charge in [-0.3, -0.25) is 21.6 Å². The van der Waals surface area contributed by atoms with Gasteiger partial charge in [-0.1, -0.05) is 36.4 Å². The zero-order chi connectivity index (χ0) is 37.2. The quantitative estimate of drug-likeness (QED) is 0.0759. The van der Waals surface area contributed by atoms with Crippen LogP contribution in [0, 0.1) is 21.6 Å². The van der Waals surface area contributed by atoms with E-state index in [1.165, 1.54) is 24.3 Å². The zero-order valence-corrected chi connectivity index (χ0v) is 27.9. The predicted octanol–water partition coefficient (Wildman–Crippen LogP) is 9.96. The number of pyridine rings is 4. The van der Waals surface area contributed by atoms with E-state index in [1.54, 1.807) is 60.7 Å². The van der Waals surface area contributed by atoms with Gasteiger partial charge in [0.15, 0.2) is 5.65 Å². The van der Waals surface area contributed by atoms with Crippen LogP contribution in [0.2, 0.25) is 0 Å². The standard InChI is InChI=1S/C36H22F6N8S2/c37-35(38,39)22-13-7-19(8-14-22)24-3-1-5-26(47-24)30(43)51-32(45)28-17-11-21-12-18-29(50-34(21)49-28)33(46)52-31(44)27-6-2-4-25(48-27)20-9-15-23(16-10-20)36(40,41)42/h1-18,43-46H. The van der Waals surface area contributed by atoms with Crippen molar-refractivity contribution in [1.29, 1.82) is 21.6 Å². The molecule has 8 nitrogen and oxygen atoms in total. The first kappa shape index (κ1) is 36.1. The van der Waals surface area contributed by atoms with Crippen LogP contribution < -0.4 is 0 Å². The summed E-state index contributed by atoms with van der Waals surface area (Å²) < 4.78 is 77.8. The highest BCUT2D eigenvalue weighted by Gasteiger charge is 2.31. The van der Waals surface area contributed by atoms with Gasteiger partial charge in [-0.05, 0) is 96.3 Å². The molecule has 0 aliphatic heterocycles. The number of nitrogens with one attached hydrogen (secondary N) is 4. The average Bonchev–Trinajstić information content (AvgIpc) is 3.13. The van der Waals surface area contributed by atoms with Gasteiger partial charge < -0.3 is 0 Å². The highest BCUT2D eigenvalue weighted by molar-refractivity contribution is 8.27. The van der Waals surface area contributed by atoms with Crippen LogP contribution in [0.1, 0.15) is 33.9 Å². The molecule has 4 aromatic heterocycles. The summed E-state index contributed by atoms with van der Waals surface area (Å²) in [4.78, 5) is 17.7. The maximum absolute atomic E-state index is 13.0. The largest absolute Gasteiger partial charge is 0.416 e. The molecule has 260 valence electrons. The summed E-state index contributed by atoms with van der Waals surface area (Å²) >= 11 is 1.55. The molecule has 52 heavy (non-hydrogen) atoms. The molecule has 0 unspecified atom stereocenters. The van der Waals surface area contributed by atoms with E-state index in [0.29, 0.717) is 27.9 Å². The van der Waals surface area contributed by atoms with Crippen LogP contribution in [0.5, 0.6) is 0 Å². The van der Waals surface area contributed by atoms with Crippen molar-refractivity contribution in [1.82, 2.24) is 19.9 Å². The fourth-order valence-corrected chi connectivity index (χ4v) is 6.05. The molecule has 0 atom stereocenters. The lowest BCUT2D eigenvalue weighted by Crippen LogP contribution is -2.07. The first-order chi connectivity index (χ1) is 24.7. The van der Waals surface area contributed by atoms with Crippen molar-refractivity contribution >= 4 is 54.7 Å². The number of benzene rings is 2. The number of rotatable bonds is 6. The minimum absolute atomic E-state index is 0.0879. The van der Waals surface area contributed by atoms with E-state index in [1.807, 2.05) is 0 Å². The molecule has 6 rings (SSSR count). The van der Waals surface area contributed by atoms with E-state index in [0.717, 1.165) is 47.8 Å². The highest BCUT2D eigenvalue weighted by Crippen LogP contribution is 2.32. The molecular formula is C36H22F6N8S2. The van der Waals surface area contributed by atoms with Crippen molar-refractivity contribution in [3.05, 3.63) is 143 Å². The number of aromatic nitrogens is 4. The Balaban J connectivity index is 1.13. The summed E-state index contributed by atoms with van der Waals surface area (Å²) in [5.41, 5.74) is 1.04. The van der Waals surface area contributed by atoms with Crippen LogP contribution in [-0.2, 0) is 12.4 Å². The van der Waals surface area contributed by atoms with Gasteiger partial charge in [0.1, 0.15) is 20.2 Å². The summed E-state index contributed by atoms with van der Waals surface area (Å²) in [6, 6.07) is 25.1. The third-order valence-corrected chi connectivity index (χ3v) is 9.06. The topological polar surface area (TPSA) is 147 Å². The van der Waals surface area contributed by atoms with Crippen molar-refractivity contribution in [3.63, 3.8) is 0 Å². The SMILES string of the molecule is N=C(SC(=N)c1ccc2ccc(C(=N)SC(=N)c3cccc(-c4ccc(C(F)(F)F)cc4)n3)nc2n1)c1cccc(-c2ccc(C(F)(F)F)cc2)n1. The molecule has 0 spiro atoms. The molecule has 6 aromatic rings. The maximum Gasteiger partial charge on any atom is 0.416 e. The highest BCUT2D eigenvalue weighted by atomic mass is 32.2. The molecule has 0 aliphatic rings. The van der Waals surface area contributed by atoms with Crippen LogP contribution in [-0.4, -0.2) is 40.1 Å². The molecule has 0 fully saturated rings. The van der Waals surface area contributed by atoms with Crippen molar-refractivity contribution < 1.29 is 26.3 Å². The van der Waals surface area contributed by atoms with Crippen molar-refractivity contribution in [2.45, 2.75) is 12.4 Å². The molecule has 4 N–H and O–H groups in total. The van der Waals surface area contributed by atoms with E-state index >= 15 is 0 Å².